The number of nitrogens with one attached hydrogen (secondary N) is 2. The fraction of sp³-hybridized carbons (Fsp3) is 0.389. The minimum Gasteiger partial charge on any atom is -0.391 e. The summed E-state index contributed by atoms with van der Waals surface area (Å²) in [5.41, 5.74) is 0.991. The van der Waals surface area contributed by atoms with Gasteiger partial charge in [0.15, 0.2) is 0 Å². The molecule has 2 aromatic heterocycles. The number of aliphatic hydroxyl groups is 1. The molecule has 0 radical (unpaired) electrons. The van der Waals surface area contributed by atoms with Crippen molar-refractivity contribution >= 4 is 22.5 Å². The van der Waals surface area contributed by atoms with E-state index < -0.39 is 6.10 Å². The van der Waals surface area contributed by atoms with Gasteiger partial charge in [-0.25, -0.2) is 4.52 Å². The Morgan fingerprint density at radius 3 is 2.76 bits per heavy atom. The summed E-state index contributed by atoms with van der Waals surface area (Å²) in [5, 5.41) is 17.6. The third-order valence-electron chi connectivity index (χ3n) is 4.69. The molecule has 0 saturated carbocycles. The number of carbonyl (C=O) groups is 1. The fourth-order valence-corrected chi connectivity index (χ4v) is 3.13. The van der Waals surface area contributed by atoms with Crippen LogP contribution in [0, 0.1) is 5.92 Å². The highest BCUT2D eigenvalue weighted by molar-refractivity contribution is 6.00. The molecule has 1 aromatic carbocycles. The van der Waals surface area contributed by atoms with E-state index in [4.69, 9.17) is 0 Å². The molecule has 3 rings (SSSR count). The number of aliphatic hydroxyl groups excluding tert-OH is 1. The minimum atomic E-state index is -0.597. The lowest BCUT2D eigenvalue weighted by atomic mass is 9.96. The van der Waals surface area contributed by atoms with E-state index in [-0.39, 0.29) is 29.5 Å². The molecule has 2 heterocycles. The molecular formula is C18H22N4O3. The van der Waals surface area contributed by atoms with Crippen molar-refractivity contribution in [2.75, 3.05) is 6.54 Å². The molecule has 1 atom stereocenters. The van der Waals surface area contributed by atoms with E-state index in [1.807, 2.05) is 19.9 Å². The van der Waals surface area contributed by atoms with Crippen LogP contribution in [-0.4, -0.2) is 38.3 Å². The highest BCUT2D eigenvalue weighted by Gasteiger charge is 2.19. The molecule has 7 nitrogen and oxygen atoms in total. The van der Waals surface area contributed by atoms with Crippen LogP contribution in [0.4, 0.5) is 0 Å². The Bertz CT molecular complexity index is 956. The number of carbonyl (C=O) groups excluding carboxylic acids is 1. The molecule has 0 bridgehead atoms. The Kier molecular flexibility index (Phi) is 4.85. The maximum Gasteiger partial charge on any atom is 0.259 e. The van der Waals surface area contributed by atoms with Crippen molar-refractivity contribution in [1.82, 2.24) is 19.9 Å². The lowest BCUT2D eigenvalue weighted by molar-refractivity contribution is 0.0817. The summed E-state index contributed by atoms with van der Waals surface area (Å²) < 4.78 is 1.54. The molecule has 0 aliphatic heterocycles. The van der Waals surface area contributed by atoms with E-state index in [0.29, 0.717) is 16.6 Å². The zero-order valence-corrected chi connectivity index (χ0v) is 14.3. The first kappa shape index (κ1) is 17.2. The second-order valence-corrected chi connectivity index (χ2v) is 6.14. The van der Waals surface area contributed by atoms with Crippen LogP contribution in [-0.2, 0) is 0 Å². The van der Waals surface area contributed by atoms with Gasteiger partial charge in [-0.1, -0.05) is 38.8 Å². The van der Waals surface area contributed by atoms with E-state index in [0.717, 1.165) is 12.8 Å². The maximum absolute atomic E-state index is 12.5. The zero-order valence-electron chi connectivity index (χ0n) is 14.3. The quantitative estimate of drug-likeness (QED) is 0.635. The molecule has 132 valence electrons. The Hall–Kier alpha value is -2.67. The molecule has 25 heavy (non-hydrogen) atoms. The van der Waals surface area contributed by atoms with Gasteiger partial charge in [-0.3, -0.25) is 9.59 Å². The van der Waals surface area contributed by atoms with Crippen molar-refractivity contribution in [3.8, 4) is 0 Å². The highest BCUT2D eigenvalue weighted by Crippen LogP contribution is 2.15. The normalized spacial score (nSPS) is 12.8. The first-order valence-corrected chi connectivity index (χ1v) is 8.51. The van der Waals surface area contributed by atoms with E-state index in [2.05, 4.69) is 15.4 Å². The molecule has 7 heteroatoms. The zero-order chi connectivity index (χ0) is 18.0. The van der Waals surface area contributed by atoms with Crippen LogP contribution in [0.2, 0.25) is 0 Å². The molecule has 0 saturated heterocycles. The summed E-state index contributed by atoms with van der Waals surface area (Å²) in [7, 11) is 0. The molecule has 0 aliphatic carbocycles. The molecule has 1 unspecified atom stereocenters. The number of para-hydroxylation sites is 1. The maximum atomic E-state index is 12.5. The third-order valence-corrected chi connectivity index (χ3v) is 4.69. The second-order valence-electron chi connectivity index (χ2n) is 6.14. The summed E-state index contributed by atoms with van der Waals surface area (Å²) in [6, 6.07) is 7.08. The number of aromatic nitrogens is 3. The van der Waals surface area contributed by atoms with Crippen LogP contribution in [0.5, 0.6) is 0 Å². The smallest absolute Gasteiger partial charge is 0.259 e. The Balaban J connectivity index is 1.89. The standard InChI is InChI=1S/C18H22N4O3/c1-3-11(4-2)15(23)10-19-17(24)13-9-20-22-14-8-6-5-7-12(14)18(25)21-16(13)22/h5-9,11,15,23H,3-4,10H2,1-2H3,(H,19,24)(H,21,25). The van der Waals surface area contributed by atoms with Crippen molar-refractivity contribution in [3.63, 3.8) is 0 Å². The summed E-state index contributed by atoms with van der Waals surface area (Å²) in [6.07, 6.45) is 2.53. The first-order valence-electron chi connectivity index (χ1n) is 8.51. The van der Waals surface area contributed by atoms with Gasteiger partial charge in [0, 0.05) is 6.54 Å². The van der Waals surface area contributed by atoms with Gasteiger partial charge in [0.1, 0.15) is 11.2 Å². The lowest BCUT2D eigenvalue weighted by Crippen LogP contribution is -2.36. The van der Waals surface area contributed by atoms with Crippen molar-refractivity contribution in [2.45, 2.75) is 32.8 Å². The number of fused-ring (bicyclic) bond motifs is 3. The van der Waals surface area contributed by atoms with Crippen molar-refractivity contribution < 1.29 is 9.90 Å². The van der Waals surface area contributed by atoms with E-state index >= 15 is 0 Å². The highest BCUT2D eigenvalue weighted by atomic mass is 16.3. The largest absolute Gasteiger partial charge is 0.391 e. The Labute approximate surface area is 144 Å². The molecule has 0 aliphatic rings. The first-order chi connectivity index (χ1) is 12.1. The Morgan fingerprint density at radius 1 is 1.32 bits per heavy atom. The third kappa shape index (κ3) is 3.15. The van der Waals surface area contributed by atoms with Gasteiger partial charge in [-0.2, -0.15) is 5.10 Å². The van der Waals surface area contributed by atoms with Crippen LogP contribution >= 0.6 is 0 Å². The average molecular weight is 342 g/mol. The van der Waals surface area contributed by atoms with Gasteiger partial charge in [-0.15, -0.1) is 0 Å². The second kappa shape index (κ2) is 7.06. The topological polar surface area (TPSA) is 99.5 Å². The van der Waals surface area contributed by atoms with E-state index in [1.54, 1.807) is 22.7 Å². The van der Waals surface area contributed by atoms with Gasteiger partial charge in [-0.05, 0) is 18.1 Å². The molecule has 3 aromatic rings. The summed E-state index contributed by atoms with van der Waals surface area (Å²) in [4.78, 5) is 27.4. The van der Waals surface area contributed by atoms with Gasteiger partial charge in [0.25, 0.3) is 11.5 Å². The minimum absolute atomic E-state index is 0.146. The molecule has 1 amide bonds. The fourth-order valence-electron chi connectivity index (χ4n) is 3.13. The summed E-state index contributed by atoms with van der Waals surface area (Å²) >= 11 is 0. The van der Waals surface area contributed by atoms with Crippen LogP contribution in [0.15, 0.2) is 35.3 Å². The van der Waals surface area contributed by atoms with Gasteiger partial charge >= 0.3 is 0 Å². The number of hydrogen-bond donors (Lipinski definition) is 3. The van der Waals surface area contributed by atoms with Crippen molar-refractivity contribution in [3.05, 3.63) is 46.4 Å². The van der Waals surface area contributed by atoms with E-state index in [9.17, 15) is 14.7 Å². The number of nitrogens with zero attached hydrogens (tertiary/aromatic N) is 2. The molecular weight excluding hydrogens is 320 g/mol. The molecule has 0 fully saturated rings. The van der Waals surface area contributed by atoms with Gasteiger partial charge in [0.05, 0.1) is 23.2 Å². The predicted octanol–water partition coefficient (Wildman–Crippen LogP) is 1.70. The van der Waals surface area contributed by atoms with Crippen LogP contribution in [0.3, 0.4) is 0 Å². The molecule has 0 spiro atoms. The lowest BCUT2D eigenvalue weighted by Gasteiger charge is -2.20. The number of amides is 1. The van der Waals surface area contributed by atoms with Crippen LogP contribution < -0.4 is 10.9 Å². The predicted molar refractivity (Wildman–Crippen MR) is 95.7 cm³/mol. The Morgan fingerprint density at radius 2 is 2.04 bits per heavy atom. The van der Waals surface area contributed by atoms with Gasteiger partial charge < -0.3 is 15.4 Å². The van der Waals surface area contributed by atoms with E-state index in [1.165, 1.54) is 6.20 Å². The summed E-state index contributed by atoms with van der Waals surface area (Å²) in [6.45, 7) is 4.20. The van der Waals surface area contributed by atoms with Crippen molar-refractivity contribution in [2.24, 2.45) is 5.92 Å². The number of H-pyrrole nitrogens is 1. The monoisotopic (exact) mass is 342 g/mol. The van der Waals surface area contributed by atoms with Gasteiger partial charge in [0.2, 0.25) is 0 Å². The number of benzene rings is 1. The van der Waals surface area contributed by atoms with Crippen molar-refractivity contribution in [1.29, 1.82) is 0 Å². The number of aromatic amines is 1. The SMILES string of the molecule is CCC(CC)C(O)CNC(=O)c1cnn2c1[nH]c(=O)c1ccccc12. The number of hydrogen-bond acceptors (Lipinski definition) is 4. The summed E-state index contributed by atoms with van der Waals surface area (Å²) in [5.74, 6) is -0.223. The van der Waals surface area contributed by atoms with Crippen LogP contribution in [0.25, 0.3) is 16.6 Å². The van der Waals surface area contributed by atoms with Crippen LogP contribution in [0.1, 0.15) is 37.0 Å². The number of rotatable bonds is 6. The molecule has 3 N–H and O–H groups in total. The average Bonchev–Trinajstić information content (AvgIpc) is 3.05.